The number of hydrogen-bond donors (Lipinski definition) is 4. The molecule has 1 aromatic rings. The molecule has 0 radical (unpaired) electrons. The van der Waals surface area contributed by atoms with E-state index in [4.69, 9.17) is 9.84 Å². The SMILES string of the molecule is Cc1ccc(OC[C@@H](O)C[NH+]2CC[NH+](CCO)CC2)c(C)c1. The lowest BCUT2D eigenvalue weighted by atomic mass is 10.1. The summed E-state index contributed by atoms with van der Waals surface area (Å²) in [7, 11) is 0. The largest absolute Gasteiger partial charge is 0.490 e. The molecule has 124 valence electrons. The van der Waals surface area contributed by atoms with E-state index < -0.39 is 6.10 Å². The third kappa shape index (κ3) is 5.25. The van der Waals surface area contributed by atoms with Crippen LogP contribution < -0.4 is 14.5 Å². The summed E-state index contributed by atoms with van der Waals surface area (Å²) in [6.07, 6.45) is -0.435. The Morgan fingerprint density at radius 2 is 1.82 bits per heavy atom. The summed E-state index contributed by atoms with van der Waals surface area (Å²) in [6, 6.07) is 6.10. The van der Waals surface area contributed by atoms with Gasteiger partial charge in [-0.1, -0.05) is 17.7 Å². The van der Waals surface area contributed by atoms with E-state index in [0.717, 1.165) is 50.6 Å². The molecule has 0 aromatic heterocycles. The summed E-state index contributed by atoms with van der Waals surface area (Å²) in [5, 5.41) is 19.1. The van der Waals surface area contributed by atoms with Crippen molar-refractivity contribution in [1.29, 1.82) is 0 Å². The van der Waals surface area contributed by atoms with Crippen LogP contribution in [0.5, 0.6) is 5.75 Å². The first-order valence-corrected chi connectivity index (χ1v) is 8.24. The topological polar surface area (TPSA) is 58.6 Å². The minimum Gasteiger partial charge on any atom is -0.490 e. The normalized spacial score (nSPS) is 23.3. The minimum absolute atomic E-state index is 0.261. The fourth-order valence-corrected chi connectivity index (χ4v) is 3.11. The standard InChI is InChI=1S/C17H28N2O3/c1-14-3-4-17(15(2)11-14)22-13-16(21)12-19-7-5-18(6-8-19)9-10-20/h3-4,11,16,20-21H,5-10,12-13H2,1-2H3/p+2/t16-/m0/s1. The molecule has 5 nitrogen and oxygen atoms in total. The highest BCUT2D eigenvalue weighted by atomic mass is 16.5. The van der Waals surface area contributed by atoms with Crippen molar-refractivity contribution in [2.24, 2.45) is 0 Å². The van der Waals surface area contributed by atoms with Gasteiger partial charge < -0.3 is 24.7 Å². The van der Waals surface area contributed by atoms with Gasteiger partial charge in [-0.25, -0.2) is 0 Å². The molecule has 0 saturated carbocycles. The van der Waals surface area contributed by atoms with Crippen LogP contribution in [0.3, 0.4) is 0 Å². The second-order valence-electron chi connectivity index (χ2n) is 6.41. The fraction of sp³-hybridized carbons (Fsp3) is 0.647. The van der Waals surface area contributed by atoms with Crippen LogP contribution in [0, 0.1) is 13.8 Å². The number of hydrogen-bond acceptors (Lipinski definition) is 3. The predicted octanol–water partition coefficient (Wildman–Crippen LogP) is -2.18. The average Bonchev–Trinajstić information content (AvgIpc) is 2.49. The molecule has 1 atom stereocenters. The van der Waals surface area contributed by atoms with Gasteiger partial charge in [-0.2, -0.15) is 0 Å². The highest BCUT2D eigenvalue weighted by molar-refractivity contribution is 5.35. The summed E-state index contributed by atoms with van der Waals surface area (Å²) in [5.41, 5.74) is 2.33. The number of rotatable bonds is 7. The molecule has 22 heavy (non-hydrogen) atoms. The summed E-state index contributed by atoms with van der Waals surface area (Å²) in [4.78, 5) is 2.89. The van der Waals surface area contributed by atoms with E-state index in [1.807, 2.05) is 19.1 Å². The number of ether oxygens (including phenoxy) is 1. The van der Waals surface area contributed by atoms with Gasteiger partial charge >= 0.3 is 0 Å². The molecule has 4 N–H and O–H groups in total. The zero-order chi connectivity index (χ0) is 15.9. The molecular formula is C17H30N2O3+2. The third-order valence-electron chi connectivity index (χ3n) is 4.42. The predicted molar refractivity (Wildman–Crippen MR) is 85.6 cm³/mol. The molecule has 5 heteroatoms. The highest BCUT2D eigenvalue weighted by Crippen LogP contribution is 2.18. The smallest absolute Gasteiger partial charge is 0.137 e. The van der Waals surface area contributed by atoms with Gasteiger partial charge in [0, 0.05) is 0 Å². The van der Waals surface area contributed by atoms with Crippen LogP contribution in [0.1, 0.15) is 11.1 Å². The summed E-state index contributed by atoms with van der Waals surface area (Å²) >= 11 is 0. The van der Waals surface area contributed by atoms with Gasteiger partial charge in [0.05, 0.1) is 6.61 Å². The number of benzene rings is 1. The second kappa shape index (κ2) is 8.48. The van der Waals surface area contributed by atoms with Crippen LogP contribution in [-0.2, 0) is 0 Å². The summed E-state index contributed by atoms with van der Waals surface area (Å²) in [5.74, 6) is 0.858. The monoisotopic (exact) mass is 310 g/mol. The minimum atomic E-state index is -0.435. The van der Waals surface area contributed by atoms with Crippen molar-refractivity contribution in [3.63, 3.8) is 0 Å². The van der Waals surface area contributed by atoms with Gasteiger partial charge in [-0.15, -0.1) is 0 Å². The van der Waals surface area contributed by atoms with E-state index >= 15 is 0 Å². The molecule has 1 aliphatic heterocycles. The van der Waals surface area contributed by atoms with Gasteiger partial charge in [-0.05, 0) is 25.5 Å². The average molecular weight is 310 g/mol. The Labute approximate surface area is 133 Å². The number of aliphatic hydroxyl groups excluding tert-OH is 2. The van der Waals surface area contributed by atoms with Crippen molar-refractivity contribution >= 4 is 0 Å². The van der Waals surface area contributed by atoms with E-state index in [1.54, 1.807) is 0 Å². The number of nitrogens with one attached hydrogen (secondary N) is 2. The van der Waals surface area contributed by atoms with Crippen LogP contribution in [0.2, 0.25) is 0 Å². The summed E-state index contributed by atoms with van der Waals surface area (Å²) < 4.78 is 5.75. The van der Waals surface area contributed by atoms with Crippen LogP contribution >= 0.6 is 0 Å². The van der Waals surface area contributed by atoms with Gasteiger partial charge in [0.25, 0.3) is 0 Å². The van der Waals surface area contributed by atoms with Crippen LogP contribution in [0.25, 0.3) is 0 Å². The Kier molecular flexibility index (Phi) is 6.64. The Bertz CT molecular complexity index is 459. The lowest BCUT2D eigenvalue weighted by molar-refractivity contribution is -1.01. The second-order valence-corrected chi connectivity index (χ2v) is 6.41. The molecular weight excluding hydrogens is 280 g/mol. The Morgan fingerprint density at radius 1 is 1.14 bits per heavy atom. The van der Waals surface area contributed by atoms with E-state index in [1.165, 1.54) is 15.4 Å². The maximum atomic E-state index is 10.2. The lowest BCUT2D eigenvalue weighted by Crippen LogP contribution is -3.28. The van der Waals surface area contributed by atoms with Crippen molar-refractivity contribution in [3.8, 4) is 5.75 Å². The molecule has 1 aliphatic rings. The Balaban J connectivity index is 1.71. The molecule has 1 saturated heterocycles. The number of quaternary nitrogens is 2. The van der Waals surface area contributed by atoms with Crippen LogP contribution in [-0.4, -0.2) is 68.8 Å². The van der Waals surface area contributed by atoms with E-state index in [2.05, 4.69) is 13.0 Å². The number of piperazine rings is 1. The highest BCUT2D eigenvalue weighted by Gasteiger charge is 2.24. The molecule has 1 aromatic carbocycles. The molecule has 0 bridgehead atoms. The van der Waals surface area contributed by atoms with Crippen molar-refractivity contribution < 1.29 is 24.7 Å². The molecule has 0 unspecified atom stereocenters. The zero-order valence-electron chi connectivity index (χ0n) is 13.8. The molecule has 0 amide bonds. The van der Waals surface area contributed by atoms with Crippen molar-refractivity contribution in [1.82, 2.24) is 0 Å². The molecule has 0 aliphatic carbocycles. The lowest BCUT2D eigenvalue weighted by Gasteiger charge is -2.30. The van der Waals surface area contributed by atoms with Gasteiger partial charge in [-0.3, -0.25) is 0 Å². The first kappa shape index (κ1) is 17.2. The van der Waals surface area contributed by atoms with Crippen LogP contribution in [0.4, 0.5) is 0 Å². The van der Waals surface area contributed by atoms with Crippen molar-refractivity contribution in [2.75, 3.05) is 52.5 Å². The first-order valence-electron chi connectivity index (χ1n) is 8.24. The maximum absolute atomic E-state index is 10.2. The Hall–Kier alpha value is -1.14. The number of aryl methyl sites for hydroxylation is 2. The maximum Gasteiger partial charge on any atom is 0.137 e. The van der Waals surface area contributed by atoms with E-state index in [-0.39, 0.29) is 6.61 Å². The van der Waals surface area contributed by atoms with Crippen LogP contribution in [0.15, 0.2) is 18.2 Å². The van der Waals surface area contributed by atoms with Crippen molar-refractivity contribution in [3.05, 3.63) is 29.3 Å². The van der Waals surface area contributed by atoms with Gasteiger partial charge in [0.15, 0.2) is 0 Å². The number of aliphatic hydroxyl groups is 2. The zero-order valence-corrected chi connectivity index (χ0v) is 13.8. The first-order chi connectivity index (χ1) is 10.6. The molecule has 1 fully saturated rings. The molecule has 1 heterocycles. The van der Waals surface area contributed by atoms with Gasteiger partial charge in [0.1, 0.15) is 57.7 Å². The molecule has 2 rings (SSSR count). The Morgan fingerprint density at radius 3 is 2.45 bits per heavy atom. The van der Waals surface area contributed by atoms with E-state index in [9.17, 15) is 5.11 Å². The van der Waals surface area contributed by atoms with Crippen molar-refractivity contribution in [2.45, 2.75) is 20.0 Å². The van der Waals surface area contributed by atoms with Gasteiger partial charge in [0.2, 0.25) is 0 Å². The summed E-state index contributed by atoms with van der Waals surface area (Å²) in [6.45, 7) is 10.5. The van der Waals surface area contributed by atoms with E-state index in [0.29, 0.717) is 6.61 Å². The fourth-order valence-electron chi connectivity index (χ4n) is 3.11. The quantitative estimate of drug-likeness (QED) is 0.463. The molecule has 0 spiro atoms. The third-order valence-corrected chi connectivity index (χ3v) is 4.42.